The van der Waals surface area contributed by atoms with E-state index in [-0.39, 0.29) is 38.4 Å². The molecule has 6 nitrogen and oxygen atoms in total. The zero-order chi connectivity index (χ0) is 19.4. The number of benzene rings is 2. The number of halogens is 1. The molecule has 142 valence electrons. The van der Waals surface area contributed by atoms with Crippen LogP contribution in [0.4, 0.5) is 0 Å². The van der Waals surface area contributed by atoms with E-state index in [4.69, 9.17) is 21.4 Å². The minimum atomic E-state index is -1.76. The number of rotatable bonds is 5. The first kappa shape index (κ1) is 19.2. The van der Waals surface area contributed by atoms with Gasteiger partial charge in [0.1, 0.15) is 5.75 Å². The van der Waals surface area contributed by atoms with Gasteiger partial charge in [0.25, 0.3) is 5.91 Å². The molecule has 2 aromatic rings. The van der Waals surface area contributed by atoms with Crippen molar-refractivity contribution in [1.29, 1.82) is 0 Å². The molecule has 1 amide bonds. The largest absolute Gasteiger partial charge is 0.482 e. The molecule has 0 aromatic heterocycles. The van der Waals surface area contributed by atoms with Crippen LogP contribution < -0.4 is 4.74 Å². The van der Waals surface area contributed by atoms with Gasteiger partial charge in [-0.15, -0.1) is 0 Å². The van der Waals surface area contributed by atoms with E-state index in [0.717, 1.165) is 11.1 Å². The molecule has 0 aliphatic carbocycles. The molecule has 0 saturated carbocycles. The van der Waals surface area contributed by atoms with E-state index in [1.165, 1.54) is 4.90 Å². The quantitative estimate of drug-likeness (QED) is 0.821. The Hall–Kier alpha value is -2.57. The number of carboxylic acid groups (broad SMARTS) is 1. The number of hydrogen-bond acceptors (Lipinski definition) is 4. The summed E-state index contributed by atoms with van der Waals surface area (Å²) in [5, 5.41) is 19.3. The zero-order valence-electron chi connectivity index (χ0n) is 14.6. The molecule has 0 radical (unpaired) electrons. The van der Waals surface area contributed by atoms with Gasteiger partial charge in [-0.1, -0.05) is 48.0 Å². The number of piperidine rings is 1. The highest BCUT2D eigenvalue weighted by molar-refractivity contribution is 6.32. The molecule has 7 heteroatoms. The summed E-state index contributed by atoms with van der Waals surface area (Å²) in [5.74, 6) is -1.12. The molecule has 0 spiro atoms. The smallest absolute Gasteiger partial charge is 0.335 e. The van der Waals surface area contributed by atoms with Crippen LogP contribution in [-0.2, 0) is 9.59 Å². The normalized spacial score (nSPS) is 16.0. The Morgan fingerprint density at radius 2 is 1.74 bits per heavy atom. The van der Waals surface area contributed by atoms with Crippen LogP contribution in [-0.4, -0.2) is 52.3 Å². The number of carbonyl (C=O) groups excluding carboxylic acids is 1. The number of likely N-dealkylation sites (tertiary alicyclic amines) is 1. The standard InChI is InChI=1S/C20H20ClNO5/c21-16-12-15(14-4-2-1-3-5-14)6-7-17(16)27-13-18(23)22-10-8-20(26,9-11-22)19(24)25/h1-7,12,26H,8-11,13H2,(H,24,25). The average Bonchev–Trinajstić information content (AvgIpc) is 2.68. The van der Waals surface area contributed by atoms with Crippen molar-refractivity contribution in [2.45, 2.75) is 18.4 Å². The van der Waals surface area contributed by atoms with Gasteiger partial charge in [0, 0.05) is 25.9 Å². The minimum absolute atomic E-state index is 0.000597. The Bertz CT molecular complexity index is 832. The van der Waals surface area contributed by atoms with Gasteiger partial charge < -0.3 is 19.8 Å². The summed E-state index contributed by atoms with van der Waals surface area (Å²) in [4.78, 5) is 24.8. The highest BCUT2D eigenvalue weighted by Crippen LogP contribution is 2.30. The Balaban J connectivity index is 1.57. The van der Waals surface area contributed by atoms with Crippen LogP contribution >= 0.6 is 11.6 Å². The molecular formula is C20H20ClNO5. The Labute approximate surface area is 161 Å². The maximum absolute atomic E-state index is 12.3. The van der Waals surface area contributed by atoms with E-state index in [2.05, 4.69) is 0 Å². The van der Waals surface area contributed by atoms with E-state index < -0.39 is 11.6 Å². The van der Waals surface area contributed by atoms with Gasteiger partial charge in [-0.3, -0.25) is 4.79 Å². The summed E-state index contributed by atoms with van der Waals surface area (Å²) in [6.07, 6.45) is 0.00119. The molecule has 2 aromatic carbocycles. The third kappa shape index (κ3) is 4.40. The number of carboxylic acids is 1. The van der Waals surface area contributed by atoms with Crippen molar-refractivity contribution in [3.63, 3.8) is 0 Å². The van der Waals surface area contributed by atoms with E-state index in [0.29, 0.717) is 10.8 Å². The van der Waals surface area contributed by atoms with E-state index >= 15 is 0 Å². The van der Waals surface area contributed by atoms with Crippen LogP contribution in [0.25, 0.3) is 11.1 Å². The van der Waals surface area contributed by atoms with Crippen LogP contribution in [0.3, 0.4) is 0 Å². The number of aliphatic hydroxyl groups is 1. The predicted octanol–water partition coefficient (Wildman–Crippen LogP) is 2.82. The minimum Gasteiger partial charge on any atom is -0.482 e. The third-order valence-electron chi connectivity index (χ3n) is 4.73. The fourth-order valence-corrected chi connectivity index (χ4v) is 3.23. The molecule has 1 aliphatic rings. The average molecular weight is 390 g/mol. The monoisotopic (exact) mass is 389 g/mol. The molecule has 1 aliphatic heterocycles. The van der Waals surface area contributed by atoms with Gasteiger partial charge in [-0.25, -0.2) is 4.79 Å². The molecule has 1 fully saturated rings. The van der Waals surface area contributed by atoms with Gasteiger partial charge in [0.05, 0.1) is 5.02 Å². The molecule has 0 bridgehead atoms. The van der Waals surface area contributed by atoms with E-state index in [1.54, 1.807) is 12.1 Å². The molecule has 0 atom stereocenters. The summed E-state index contributed by atoms with van der Waals surface area (Å²) < 4.78 is 5.54. The van der Waals surface area contributed by atoms with E-state index in [9.17, 15) is 14.7 Å². The second-order valence-electron chi connectivity index (χ2n) is 6.52. The lowest BCUT2D eigenvalue weighted by molar-refractivity contribution is -0.165. The first-order valence-corrected chi connectivity index (χ1v) is 8.98. The van der Waals surface area contributed by atoms with E-state index in [1.807, 2.05) is 36.4 Å². The van der Waals surface area contributed by atoms with Crippen LogP contribution in [0, 0.1) is 0 Å². The summed E-state index contributed by atoms with van der Waals surface area (Å²) in [6, 6.07) is 15.1. The van der Waals surface area contributed by atoms with Crippen LogP contribution in [0.5, 0.6) is 5.75 Å². The molecular weight excluding hydrogens is 370 g/mol. The van der Waals surface area contributed by atoms with Gasteiger partial charge >= 0.3 is 5.97 Å². The number of carbonyl (C=O) groups is 2. The molecule has 1 heterocycles. The highest BCUT2D eigenvalue weighted by Gasteiger charge is 2.40. The second kappa shape index (κ2) is 7.98. The predicted molar refractivity (Wildman–Crippen MR) is 101 cm³/mol. The number of nitrogens with zero attached hydrogens (tertiary/aromatic N) is 1. The summed E-state index contributed by atoms with van der Waals surface area (Å²) in [7, 11) is 0. The van der Waals surface area contributed by atoms with Crippen molar-refractivity contribution in [2.75, 3.05) is 19.7 Å². The van der Waals surface area contributed by atoms with Crippen molar-refractivity contribution in [3.8, 4) is 16.9 Å². The maximum atomic E-state index is 12.3. The van der Waals surface area contributed by atoms with Gasteiger partial charge in [0.2, 0.25) is 0 Å². The molecule has 27 heavy (non-hydrogen) atoms. The fourth-order valence-electron chi connectivity index (χ4n) is 3.00. The number of ether oxygens (including phenoxy) is 1. The molecule has 0 unspecified atom stereocenters. The van der Waals surface area contributed by atoms with Crippen molar-refractivity contribution in [2.24, 2.45) is 0 Å². The first-order chi connectivity index (χ1) is 12.9. The lowest BCUT2D eigenvalue weighted by Crippen LogP contribution is -2.51. The van der Waals surface area contributed by atoms with Crippen molar-refractivity contribution < 1.29 is 24.5 Å². The Kier molecular flexibility index (Phi) is 5.68. The van der Waals surface area contributed by atoms with Crippen molar-refractivity contribution in [1.82, 2.24) is 4.90 Å². The highest BCUT2D eigenvalue weighted by atomic mass is 35.5. The summed E-state index contributed by atoms with van der Waals surface area (Å²) >= 11 is 6.27. The lowest BCUT2D eigenvalue weighted by atomic mass is 9.92. The van der Waals surface area contributed by atoms with Gasteiger partial charge in [0.15, 0.2) is 12.2 Å². The first-order valence-electron chi connectivity index (χ1n) is 8.60. The Morgan fingerprint density at radius 1 is 1.07 bits per heavy atom. The van der Waals surface area contributed by atoms with Crippen LogP contribution in [0.2, 0.25) is 5.02 Å². The topological polar surface area (TPSA) is 87.1 Å². The molecule has 3 rings (SSSR count). The maximum Gasteiger partial charge on any atom is 0.335 e. The van der Waals surface area contributed by atoms with Crippen LogP contribution in [0.1, 0.15) is 12.8 Å². The summed E-state index contributed by atoms with van der Waals surface area (Å²) in [6.45, 7) is 0.146. The van der Waals surface area contributed by atoms with Gasteiger partial charge in [-0.2, -0.15) is 0 Å². The van der Waals surface area contributed by atoms with Gasteiger partial charge in [-0.05, 0) is 23.3 Å². The second-order valence-corrected chi connectivity index (χ2v) is 6.92. The molecule has 1 saturated heterocycles. The number of hydrogen-bond donors (Lipinski definition) is 2. The summed E-state index contributed by atoms with van der Waals surface area (Å²) in [5.41, 5.74) is 0.221. The lowest BCUT2D eigenvalue weighted by Gasteiger charge is -2.35. The Morgan fingerprint density at radius 3 is 2.33 bits per heavy atom. The zero-order valence-corrected chi connectivity index (χ0v) is 15.4. The van der Waals surface area contributed by atoms with Crippen LogP contribution in [0.15, 0.2) is 48.5 Å². The molecule has 2 N–H and O–H groups in total. The number of amides is 1. The van der Waals surface area contributed by atoms with Crippen molar-refractivity contribution >= 4 is 23.5 Å². The SMILES string of the molecule is O=C(COc1ccc(-c2ccccc2)cc1Cl)N1CCC(O)(C(=O)O)CC1. The number of aliphatic carboxylic acids is 1. The van der Waals surface area contributed by atoms with Crippen molar-refractivity contribution in [3.05, 3.63) is 53.6 Å². The third-order valence-corrected chi connectivity index (χ3v) is 5.03. The fraction of sp³-hybridized carbons (Fsp3) is 0.300.